The summed E-state index contributed by atoms with van der Waals surface area (Å²) in [6, 6.07) is 0. The van der Waals surface area contributed by atoms with Crippen LogP contribution in [-0.2, 0) is 19.1 Å². The van der Waals surface area contributed by atoms with E-state index in [-0.39, 0.29) is 30.1 Å². The van der Waals surface area contributed by atoms with Gasteiger partial charge in [-0.1, -0.05) is 0 Å². The molecule has 0 aromatic heterocycles. The van der Waals surface area contributed by atoms with Crippen LogP contribution < -0.4 is 0 Å². The van der Waals surface area contributed by atoms with Gasteiger partial charge in [-0.25, -0.2) is 0 Å². The van der Waals surface area contributed by atoms with Gasteiger partial charge in [-0.15, -0.1) is 0 Å². The molecule has 2 aliphatic carbocycles. The molecule has 0 amide bonds. The highest BCUT2D eigenvalue weighted by molar-refractivity contribution is 5.74. The molecule has 2 aliphatic heterocycles. The van der Waals surface area contributed by atoms with Gasteiger partial charge in [0.15, 0.2) is 0 Å². The fourth-order valence-corrected chi connectivity index (χ4v) is 3.63. The Kier molecular flexibility index (Phi) is 2.19. The zero-order valence-corrected chi connectivity index (χ0v) is 9.35. The van der Waals surface area contributed by atoms with E-state index in [1.165, 1.54) is 6.92 Å². The third-order valence-electron chi connectivity index (χ3n) is 4.14. The maximum Gasteiger partial charge on any atom is 0.309 e. The van der Waals surface area contributed by atoms with Gasteiger partial charge in [0.1, 0.15) is 12.2 Å². The van der Waals surface area contributed by atoms with Crippen LogP contribution in [0.15, 0.2) is 0 Å². The number of carbonyl (C=O) groups is 2. The number of hydrogen-bond acceptors (Lipinski definition) is 4. The SMILES string of the molecule is CC(=O)OC1C2CC3CC(C2)C(=O)OC1C3. The highest BCUT2D eigenvalue weighted by Gasteiger charge is 2.51. The van der Waals surface area contributed by atoms with E-state index in [9.17, 15) is 9.59 Å². The third-order valence-corrected chi connectivity index (χ3v) is 4.14. The molecule has 4 aliphatic rings. The predicted octanol–water partition coefficient (Wildman–Crippen LogP) is 1.28. The van der Waals surface area contributed by atoms with E-state index < -0.39 is 0 Å². The van der Waals surface area contributed by atoms with E-state index in [4.69, 9.17) is 9.47 Å². The molecule has 5 unspecified atom stereocenters. The first-order valence-electron chi connectivity index (χ1n) is 6.01. The van der Waals surface area contributed by atoms with Crippen molar-refractivity contribution in [2.24, 2.45) is 17.8 Å². The summed E-state index contributed by atoms with van der Waals surface area (Å²) in [5, 5.41) is 0. The van der Waals surface area contributed by atoms with Gasteiger partial charge in [0.25, 0.3) is 0 Å². The minimum Gasteiger partial charge on any atom is -0.458 e. The van der Waals surface area contributed by atoms with Crippen molar-refractivity contribution in [3.05, 3.63) is 0 Å². The van der Waals surface area contributed by atoms with Gasteiger partial charge in [0.2, 0.25) is 0 Å². The number of esters is 2. The minimum atomic E-state index is -0.270. The van der Waals surface area contributed by atoms with Crippen LogP contribution in [0.25, 0.3) is 0 Å². The van der Waals surface area contributed by atoms with Crippen LogP contribution in [-0.4, -0.2) is 24.1 Å². The largest absolute Gasteiger partial charge is 0.458 e. The molecule has 0 N–H and O–H groups in total. The zero-order valence-electron chi connectivity index (χ0n) is 9.35. The molecule has 4 rings (SSSR count). The van der Waals surface area contributed by atoms with Crippen molar-refractivity contribution >= 4 is 11.9 Å². The van der Waals surface area contributed by atoms with Crippen LogP contribution in [0.5, 0.6) is 0 Å². The second-order valence-corrected chi connectivity index (χ2v) is 5.32. The number of carbonyl (C=O) groups excluding carboxylic acids is 2. The number of ether oxygens (including phenoxy) is 2. The molecule has 2 saturated heterocycles. The summed E-state index contributed by atoms with van der Waals surface area (Å²) in [6.07, 6.45) is 3.39. The maximum absolute atomic E-state index is 11.7. The lowest BCUT2D eigenvalue weighted by atomic mass is 9.67. The van der Waals surface area contributed by atoms with E-state index in [1.807, 2.05) is 0 Å². The van der Waals surface area contributed by atoms with Crippen molar-refractivity contribution in [2.75, 3.05) is 0 Å². The highest BCUT2D eigenvalue weighted by atomic mass is 16.6. The first kappa shape index (κ1) is 10.1. The lowest BCUT2D eigenvalue weighted by Gasteiger charge is -2.41. The number of hydrogen-bond donors (Lipinski definition) is 0. The fourth-order valence-electron chi connectivity index (χ4n) is 3.63. The van der Waals surface area contributed by atoms with E-state index in [0.717, 1.165) is 25.7 Å². The molecule has 4 fully saturated rings. The standard InChI is InChI=1S/C12H16O4/c1-6(13)15-11-8-2-7-3-9(5-8)12(14)16-10(11)4-7/h7-11H,2-5H2,1H3. The van der Waals surface area contributed by atoms with Crippen LogP contribution in [0, 0.1) is 17.8 Å². The van der Waals surface area contributed by atoms with E-state index in [0.29, 0.717) is 11.8 Å². The third kappa shape index (κ3) is 1.51. The van der Waals surface area contributed by atoms with Crippen molar-refractivity contribution < 1.29 is 19.1 Å². The Morgan fingerprint density at radius 1 is 1.31 bits per heavy atom. The topological polar surface area (TPSA) is 52.6 Å². The molecular formula is C12H16O4. The summed E-state index contributed by atoms with van der Waals surface area (Å²) < 4.78 is 10.8. The molecular weight excluding hydrogens is 208 g/mol. The summed E-state index contributed by atoms with van der Waals surface area (Å²) in [4.78, 5) is 22.8. The lowest BCUT2D eigenvalue weighted by Crippen LogP contribution is -2.45. The molecule has 88 valence electrons. The average Bonchev–Trinajstić information content (AvgIpc) is 2.36. The van der Waals surface area contributed by atoms with Crippen molar-refractivity contribution in [1.29, 1.82) is 0 Å². The van der Waals surface area contributed by atoms with E-state index in [2.05, 4.69) is 0 Å². The highest BCUT2D eigenvalue weighted by Crippen LogP contribution is 2.48. The van der Waals surface area contributed by atoms with Crippen LogP contribution in [0.3, 0.4) is 0 Å². The van der Waals surface area contributed by atoms with Crippen LogP contribution >= 0.6 is 0 Å². The summed E-state index contributed by atoms with van der Waals surface area (Å²) in [7, 11) is 0. The Hall–Kier alpha value is -1.06. The Labute approximate surface area is 94.3 Å². The maximum atomic E-state index is 11.7. The van der Waals surface area contributed by atoms with Crippen molar-refractivity contribution in [3.63, 3.8) is 0 Å². The average molecular weight is 224 g/mol. The van der Waals surface area contributed by atoms with Gasteiger partial charge >= 0.3 is 11.9 Å². The monoisotopic (exact) mass is 224 g/mol. The molecule has 0 spiro atoms. The molecule has 4 bridgehead atoms. The van der Waals surface area contributed by atoms with Gasteiger partial charge in [0, 0.05) is 12.8 Å². The second-order valence-electron chi connectivity index (χ2n) is 5.32. The number of rotatable bonds is 1. The quantitative estimate of drug-likeness (QED) is 0.629. The Balaban J connectivity index is 1.87. The summed E-state index contributed by atoms with van der Waals surface area (Å²) in [6.45, 7) is 1.42. The zero-order chi connectivity index (χ0) is 11.3. The summed E-state index contributed by atoms with van der Waals surface area (Å²) in [5.41, 5.74) is 0. The van der Waals surface area contributed by atoms with Gasteiger partial charge in [-0.2, -0.15) is 0 Å². The molecule has 5 atom stereocenters. The molecule has 4 heteroatoms. The molecule has 0 radical (unpaired) electrons. The predicted molar refractivity (Wildman–Crippen MR) is 54.4 cm³/mol. The molecule has 4 nitrogen and oxygen atoms in total. The smallest absolute Gasteiger partial charge is 0.309 e. The van der Waals surface area contributed by atoms with Gasteiger partial charge in [0.05, 0.1) is 5.92 Å². The Morgan fingerprint density at radius 3 is 2.88 bits per heavy atom. The minimum absolute atomic E-state index is 0.0503. The fraction of sp³-hybridized carbons (Fsp3) is 0.833. The van der Waals surface area contributed by atoms with Crippen molar-refractivity contribution in [3.8, 4) is 0 Å². The van der Waals surface area contributed by atoms with Crippen LogP contribution in [0.1, 0.15) is 32.6 Å². The Bertz CT molecular complexity index is 338. The second kappa shape index (κ2) is 3.47. The molecule has 0 aromatic rings. The Morgan fingerprint density at radius 2 is 2.12 bits per heavy atom. The molecule has 2 saturated carbocycles. The number of fused-ring (bicyclic) bond motifs is 1. The van der Waals surface area contributed by atoms with Gasteiger partial charge < -0.3 is 9.47 Å². The molecule has 16 heavy (non-hydrogen) atoms. The van der Waals surface area contributed by atoms with Crippen LogP contribution in [0.4, 0.5) is 0 Å². The lowest BCUT2D eigenvalue weighted by molar-refractivity contribution is -0.171. The normalized spacial score (nSPS) is 45.1. The van der Waals surface area contributed by atoms with Gasteiger partial charge in [-0.3, -0.25) is 9.59 Å². The van der Waals surface area contributed by atoms with Crippen molar-refractivity contribution in [2.45, 2.75) is 44.8 Å². The summed E-state index contributed by atoms with van der Waals surface area (Å²) >= 11 is 0. The van der Waals surface area contributed by atoms with Gasteiger partial charge in [-0.05, 0) is 31.6 Å². The van der Waals surface area contributed by atoms with E-state index >= 15 is 0 Å². The molecule has 2 heterocycles. The van der Waals surface area contributed by atoms with E-state index in [1.54, 1.807) is 0 Å². The van der Waals surface area contributed by atoms with Crippen molar-refractivity contribution in [1.82, 2.24) is 0 Å². The molecule has 0 aromatic carbocycles. The summed E-state index contributed by atoms with van der Waals surface area (Å²) in [5.74, 6) is 0.625. The first-order chi connectivity index (χ1) is 7.63. The first-order valence-corrected chi connectivity index (χ1v) is 6.01. The van der Waals surface area contributed by atoms with Crippen LogP contribution in [0.2, 0.25) is 0 Å².